The number of carbonyl (C=O) groups excluding carboxylic acids is 1. The SMILES string of the molecule is CCCc1cc(OC(=O)c2cc(OC)cc(OC)c2)n(-c2nc3ccccc3[nH]2)n1. The lowest BCUT2D eigenvalue weighted by Crippen LogP contribution is -2.12. The highest BCUT2D eigenvalue weighted by atomic mass is 16.5. The van der Waals surface area contributed by atoms with Crippen molar-refractivity contribution in [2.45, 2.75) is 19.8 Å². The van der Waals surface area contributed by atoms with Crippen LogP contribution in [0, 0.1) is 0 Å². The summed E-state index contributed by atoms with van der Waals surface area (Å²) < 4.78 is 17.7. The number of nitrogens with one attached hydrogen (secondary N) is 1. The maximum atomic E-state index is 12.9. The molecule has 0 saturated heterocycles. The van der Waals surface area contributed by atoms with Gasteiger partial charge in [-0.25, -0.2) is 9.78 Å². The monoisotopic (exact) mass is 406 g/mol. The highest BCUT2D eigenvalue weighted by Gasteiger charge is 2.19. The lowest BCUT2D eigenvalue weighted by molar-refractivity contribution is 0.0722. The molecule has 0 fully saturated rings. The van der Waals surface area contributed by atoms with Gasteiger partial charge in [0, 0.05) is 12.1 Å². The van der Waals surface area contributed by atoms with Gasteiger partial charge in [0.05, 0.1) is 36.5 Å². The number of ether oxygens (including phenoxy) is 3. The standard InChI is InChI=1S/C22H22N4O4/c1-4-7-15-12-20(26(25-15)22-23-18-8-5-6-9-19(18)24-22)30-21(27)14-10-16(28-2)13-17(11-14)29-3/h5-6,8-13H,4,7H2,1-3H3,(H,23,24). The van der Waals surface area contributed by atoms with E-state index in [1.807, 2.05) is 24.3 Å². The summed E-state index contributed by atoms with van der Waals surface area (Å²) in [4.78, 5) is 20.6. The molecule has 2 aromatic heterocycles. The Kier molecular flexibility index (Phi) is 5.38. The van der Waals surface area contributed by atoms with Gasteiger partial charge in [0.25, 0.3) is 0 Å². The van der Waals surface area contributed by atoms with Crippen LogP contribution in [0.2, 0.25) is 0 Å². The van der Waals surface area contributed by atoms with Crippen LogP contribution in [0.3, 0.4) is 0 Å². The van der Waals surface area contributed by atoms with E-state index in [1.54, 1.807) is 24.3 Å². The number of aryl methyl sites for hydroxylation is 1. The van der Waals surface area contributed by atoms with E-state index in [9.17, 15) is 4.79 Å². The molecule has 4 rings (SSSR count). The van der Waals surface area contributed by atoms with E-state index in [0.717, 1.165) is 29.6 Å². The molecular formula is C22H22N4O4. The van der Waals surface area contributed by atoms with E-state index >= 15 is 0 Å². The van der Waals surface area contributed by atoms with E-state index in [0.29, 0.717) is 23.0 Å². The zero-order valence-electron chi connectivity index (χ0n) is 17.0. The first-order valence-corrected chi connectivity index (χ1v) is 9.60. The molecule has 1 N–H and O–H groups in total. The number of carbonyl (C=O) groups is 1. The Morgan fingerprint density at radius 3 is 2.47 bits per heavy atom. The molecule has 0 radical (unpaired) electrons. The van der Waals surface area contributed by atoms with Crippen LogP contribution < -0.4 is 14.2 Å². The normalized spacial score (nSPS) is 10.9. The number of nitrogens with zero attached hydrogens (tertiary/aromatic N) is 3. The summed E-state index contributed by atoms with van der Waals surface area (Å²) >= 11 is 0. The van der Waals surface area contributed by atoms with Crippen LogP contribution in [0.25, 0.3) is 17.0 Å². The number of methoxy groups -OCH3 is 2. The van der Waals surface area contributed by atoms with Crippen molar-refractivity contribution in [3.8, 4) is 23.3 Å². The smallest absolute Gasteiger partial charge is 0.345 e. The molecule has 0 unspecified atom stereocenters. The minimum Gasteiger partial charge on any atom is -0.497 e. The second kappa shape index (κ2) is 8.28. The third-order valence-electron chi connectivity index (χ3n) is 4.60. The molecule has 4 aromatic rings. The molecule has 154 valence electrons. The summed E-state index contributed by atoms with van der Waals surface area (Å²) in [7, 11) is 3.05. The quantitative estimate of drug-likeness (QED) is 0.468. The Labute approximate surface area is 173 Å². The highest BCUT2D eigenvalue weighted by molar-refractivity contribution is 5.92. The molecule has 0 aliphatic heterocycles. The third-order valence-corrected chi connectivity index (χ3v) is 4.60. The molecule has 30 heavy (non-hydrogen) atoms. The van der Waals surface area contributed by atoms with Gasteiger partial charge in [-0.2, -0.15) is 9.78 Å². The number of imidazole rings is 1. The van der Waals surface area contributed by atoms with E-state index in [-0.39, 0.29) is 5.88 Å². The molecule has 0 spiro atoms. The van der Waals surface area contributed by atoms with Crippen molar-refractivity contribution < 1.29 is 19.0 Å². The van der Waals surface area contributed by atoms with Crippen molar-refractivity contribution in [3.05, 3.63) is 59.8 Å². The highest BCUT2D eigenvalue weighted by Crippen LogP contribution is 2.25. The first-order valence-electron chi connectivity index (χ1n) is 9.60. The van der Waals surface area contributed by atoms with Crippen molar-refractivity contribution in [1.82, 2.24) is 19.7 Å². The van der Waals surface area contributed by atoms with Gasteiger partial charge in [0.2, 0.25) is 11.8 Å². The van der Waals surface area contributed by atoms with Crippen LogP contribution in [0.1, 0.15) is 29.4 Å². The molecule has 0 amide bonds. The summed E-state index contributed by atoms with van der Waals surface area (Å²) in [6, 6.07) is 14.3. The second-order valence-electron chi connectivity index (χ2n) is 6.70. The van der Waals surface area contributed by atoms with Crippen molar-refractivity contribution in [3.63, 3.8) is 0 Å². The minimum absolute atomic E-state index is 0.282. The fourth-order valence-corrected chi connectivity index (χ4v) is 3.13. The number of esters is 1. The largest absolute Gasteiger partial charge is 0.497 e. The first-order chi connectivity index (χ1) is 14.6. The number of benzene rings is 2. The minimum atomic E-state index is -0.549. The number of hydrogen-bond acceptors (Lipinski definition) is 6. The summed E-state index contributed by atoms with van der Waals surface area (Å²) in [5.41, 5.74) is 2.79. The van der Waals surface area contributed by atoms with Gasteiger partial charge in [-0.15, -0.1) is 0 Å². The van der Waals surface area contributed by atoms with Gasteiger partial charge in [-0.1, -0.05) is 25.5 Å². The zero-order valence-corrected chi connectivity index (χ0v) is 17.0. The summed E-state index contributed by atoms with van der Waals surface area (Å²) in [6.45, 7) is 2.06. The van der Waals surface area contributed by atoms with Gasteiger partial charge in [-0.3, -0.25) is 0 Å². The van der Waals surface area contributed by atoms with Gasteiger partial charge < -0.3 is 19.2 Å². The van der Waals surface area contributed by atoms with Crippen molar-refractivity contribution in [2.75, 3.05) is 14.2 Å². The fraction of sp³-hybridized carbons (Fsp3) is 0.227. The van der Waals surface area contributed by atoms with E-state index in [1.165, 1.54) is 18.9 Å². The molecule has 0 aliphatic rings. The Bertz CT molecular complexity index is 1140. The van der Waals surface area contributed by atoms with E-state index in [4.69, 9.17) is 14.2 Å². The molecule has 8 nitrogen and oxygen atoms in total. The average Bonchev–Trinajstić information content (AvgIpc) is 3.37. The maximum absolute atomic E-state index is 12.9. The van der Waals surface area contributed by atoms with Gasteiger partial charge in [0.15, 0.2) is 0 Å². The molecule has 2 aromatic carbocycles. The molecule has 0 atom stereocenters. The van der Waals surface area contributed by atoms with Gasteiger partial charge in [-0.05, 0) is 30.7 Å². The van der Waals surface area contributed by atoms with Crippen LogP contribution in [0.4, 0.5) is 0 Å². The maximum Gasteiger partial charge on any atom is 0.345 e. The number of rotatable bonds is 7. The van der Waals surface area contributed by atoms with E-state index < -0.39 is 5.97 Å². The molecule has 2 heterocycles. The lowest BCUT2D eigenvalue weighted by Gasteiger charge is -2.09. The summed E-state index contributed by atoms with van der Waals surface area (Å²) in [6.07, 6.45) is 1.67. The Balaban J connectivity index is 1.71. The number of fused-ring (bicyclic) bond motifs is 1. The number of H-pyrrole nitrogens is 1. The Morgan fingerprint density at radius 2 is 1.80 bits per heavy atom. The molecule has 0 aliphatic carbocycles. The van der Waals surface area contributed by atoms with Crippen LogP contribution >= 0.6 is 0 Å². The van der Waals surface area contributed by atoms with Crippen LogP contribution in [0.5, 0.6) is 17.4 Å². The predicted octanol–water partition coefficient (Wildman–Crippen LogP) is 3.94. The Morgan fingerprint density at radius 1 is 1.07 bits per heavy atom. The van der Waals surface area contributed by atoms with E-state index in [2.05, 4.69) is 22.0 Å². The predicted molar refractivity (Wildman–Crippen MR) is 112 cm³/mol. The third kappa shape index (κ3) is 3.84. The summed E-state index contributed by atoms with van der Waals surface area (Å²) in [5, 5.41) is 4.58. The van der Waals surface area contributed by atoms with Gasteiger partial charge >= 0.3 is 5.97 Å². The Hall–Kier alpha value is -3.81. The number of aromatic nitrogens is 4. The van der Waals surface area contributed by atoms with Crippen molar-refractivity contribution >= 4 is 17.0 Å². The molecule has 8 heteroatoms. The number of para-hydroxylation sites is 2. The average molecular weight is 406 g/mol. The van der Waals surface area contributed by atoms with Crippen molar-refractivity contribution in [1.29, 1.82) is 0 Å². The van der Waals surface area contributed by atoms with Crippen LogP contribution in [-0.4, -0.2) is 39.9 Å². The van der Waals surface area contributed by atoms with Gasteiger partial charge in [0.1, 0.15) is 11.5 Å². The zero-order chi connectivity index (χ0) is 21.1. The number of aromatic amines is 1. The lowest BCUT2D eigenvalue weighted by atomic mass is 10.2. The van der Waals surface area contributed by atoms with Crippen LogP contribution in [0.15, 0.2) is 48.5 Å². The topological polar surface area (TPSA) is 91.3 Å². The fourth-order valence-electron chi connectivity index (χ4n) is 3.13. The molecule has 0 bridgehead atoms. The second-order valence-corrected chi connectivity index (χ2v) is 6.70. The first kappa shape index (κ1) is 19.5. The number of hydrogen-bond donors (Lipinski definition) is 1. The van der Waals surface area contributed by atoms with Crippen molar-refractivity contribution in [2.24, 2.45) is 0 Å². The molecule has 0 saturated carbocycles. The van der Waals surface area contributed by atoms with Crippen LogP contribution in [-0.2, 0) is 6.42 Å². The summed E-state index contributed by atoms with van der Waals surface area (Å²) in [5.74, 6) is 1.21. The molecular weight excluding hydrogens is 384 g/mol.